The van der Waals surface area contributed by atoms with Gasteiger partial charge in [-0.25, -0.2) is 9.69 Å². The summed E-state index contributed by atoms with van der Waals surface area (Å²) in [5, 5.41) is 2.75. The average Bonchev–Trinajstić information content (AvgIpc) is 2.61. The first-order valence-electron chi connectivity index (χ1n) is 7.86. The third-order valence-electron chi connectivity index (χ3n) is 3.99. The molecule has 1 aliphatic rings. The average molecular weight is 389 g/mol. The lowest BCUT2D eigenvalue weighted by Crippen LogP contribution is -2.54. The number of halogens is 2. The first kappa shape index (κ1) is 18.2. The predicted molar refractivity (Wildman–Crippen MR) is 101 cm³/mol. The van der Waals surface area contributed by atoms with Crippen molar-refractivity contribution in [1.82, 2.24) is 5.32 Å². The molecular weight excluding hydrogens is 375 g/mol. The maximum atomic E-state index is 12.8. The maximum Gasteiger partial charge on any atom is 0.335 e. The van der Waals surface area contributed by atoms with E-state index in [0.29, 0.717) is 21.3 Å². The summed E-state index contributed by atoms with van der Waals surface area (Å²) in [6.45, 7) is 2.00. The van der Waals surface area contributed by atoms with Crippen molar-refractivity contribution >= 4 is 52.8 Å². The van der Waals surface area contributed by atoms with Crippen LogP contribution in [0.3, 0.4) is 0 Å². The topological polar surface area (TPSA) is 66.5 Å². The molecule has 0 unspecified atom stereocenters. The van der Waals surface area contributed by atoms with Crippen LogP contribution in [-0.4, -0.2) is 17.8 Å². The van der Waals surface area contributed by atoms with Gasteiger partial charge in [-0.3, -0.25) is 14.9 Å². The maximum absolute atomic E-state index is 12.8. The minimum absolute atomic E-state index is 0.223. The van der Waals surface area contributed by atoms with Gasteiger partial charge < -0.3 is 0 Å². The van der Waals surface area contributed by atoms with E-state index >= 15 is 0 Å². The number of nitrogens with one attached hydrogen (secondary N) is 1. The van der Waals surface area contributed by atoms with Gasteiger partial charge in [0, 0.05) is 15.6 Å². The second-order valence-electron chi connectivity index (χ2n) is 5.61. The van der Waals surface area contributed by atoms with Crippen LogP contribution in [0.5, 0.6) is 0 Å². The third-order valence-corrected chi connectivity index (χ3v) is 4.65. The number of carbonyl (C=O) groups is 3. The largest absolute Gasteiger partial charge is 0.335 e. The van der Waals surface area contributed by atoms with Crippen molar-refractivity contribution in [3.8, 4) is 0 Å². The molecule has 4 amide bonds. The molecule has 2 aromatic rings. The Morgan fingerprint density at radius 3 is 2.19 bits per heavy atom. The van der Waals surface area contributed by atoms with Gasteiger partial charge in [0.15, 0.2) is 0 Å². The van der Waals surface area contributed by atoms with Crippen LogP contribution < -0.4 is 10.2 Å². The van der Waals surface area contributed by atoms with Crippen molar-refractivity contribution in [3.05, 3.63) is 69.2 Å². The molecule has 1 saturated heterocycles. The molecule has 1 N–H and O–H groups in total. The lowest BCUT2D eigenvalue weighted by molar-refractivity contribution is -0.122. The molecule has 26 heavy (non-hydrogen) atoms. The zero-order chi connectivity index (χ0) is 18.8. The summed E-state index contributed by atoms with van der Waals surface area (Å²) < 4.78 is 0. The number of aryl methyl sites for hydroxylation is 1. The standard InChI is InChI=1S/C19H14Cl2N2O3/c1-2-11-6-8-12(9-7-11)23-18(25)14(17(24)22-19(23)26)10-13-15(20)4-3-5-16(13)21/h3-10H,2H2,1H3,(H,22,24,26)/b14-10+. The summed E-state index contributed by atoms with van der Waals surface area (Å²) in [6, 6.07) is 11.0. The number of imide groups is 2. The fraction of sp³-hybridized carbons (Fsp3) is 0.105. The minimum atomic E-state index is -0.799. The van der Waals surface area contributed by atoms with E-state index in [1.165, 1.54) is 6.08 Å². The van der Waals surface area contributed by atoms with Gasteiger partial charge in [0.25, 0.3) is 11.8 Å². The van der Waals surface area contributed by atoms with E-state index in [1.807, 2.05) is 19.1 Å². The van der Waals surface area contributed by atoms with Gasteiger partial charge in [0.05, 0.1) is 5.69 Å². The monoisotopic (exact) mass is 388 g/mol. The molecule has 2 aromatic carbocycles. The fourth-order valence-electron chi connectivity index (χ4n) is 2.57. The molecule has 1 fully saturated rings. The smallest absolute Gasteiger partial charge is 0.273 e. The zero-order valence-corrected chi connectivity index (χ0v) is 15.3. The lowest BCUT2D eigenvalue weighted by Gasteiger charge is -2.26. The van der Waals surface area contributed by atoms with Crippen LogP contribution in [0.4, 0.5) is 10.5 Å². The van der Waals surface area contributed by atoms with E-state index in [0.717, 1.165) is 16.9 Å². The molecule has 0 atom stereocenters. The van der Waals surface area contributed by atoms with Gasteiger partial charge >= 0.3 is 6.03 Å². The Labute approximate surface area is 160 Å². The molecule has 7 heteroatoms. The molecule has 0 radical (unpaired) electrons. The molecule has 1 heterocycles. The molecule has 3 rings (SSSR count). The molecular formula is C19H14Cl2N2O3. The minimum Gasteiger partial charge on any atom is -0.273 e. The first-order chi connectivity index (χ1) is 12.4. The number of barbiturate groups is 1. The lowest BCUT2D eigenvalue weighted by atomic mass is 10.1. The summed E-state index contributed by atoms with van der Waals surface area (Å²) in [6.07, 6.45) is 2.12. The Morgan fingerprint density at radius 1 is 1.00 bits per heavy atom. The van der Waals surface area contributed by atoms with Gasteiger partial charge in [-0.15, -0.1) is 0 Å². The summed E-state index contributed by atoms with van der Waals surface area (Å²) in [5.41, 5.74) is 1.55. The van der Waals surface area contributed by atoms with E-state index < -0.39 is 17.8 Å². The third kappa shape index (κ3) is 3.36. The highest BCUT2D eigenvalue weighted by atomic mass is 35.5. The fourth-order valence-corrected chi connectivity index (χ4v) is 3.07. The second-order valence-corrected chi connectivity index (χ2v) is 6.43. The summed E-state index contributed by atoms with van der Waals surface area (Å²) in [5.74, 6) is -1.53. The van der Waals surface area contributed by atoms with Crippen molar-refractivity contribution in [2.24, 2.45) is 0 Å². The van der Waals surface area contributed by atoms with E-state index in [4.69, 9.17) is 23.2 Å². The number of benzene rings is 2. The van der Waals surface area contributed by atoms with Crippen molar-refractivity contribution in [3.63, 3.8) is 0 Å². The van der Waals surface area contributed by atoms with Crippen molar-refractivity contribution < 1.29 is 14.4 Å². The Morgan fingerprint density at radius 2 is 1.62 bits per heavy atom. The zero-order valence-electron chi connectivity index (χ0n) is 13.8. The number of urea groups is 1. The molecule has 132 valence electrons. The molecule has 0 aromatic heterocycles. The summed E-state index contributed by atoms with van der Waals surface area (Å²) >= 11 is 12.2. The quantitative estimate of drug-likeness (QED) is 0.631. The van der Waals surface area contributed by atoms with Crippen LogP contribution in [0, 0.1) is 0 Å². The van der Waals surface area contributed by atoms with Gasteiger partial charge in [0.2, 0.25) is 0 Å². The second kappa shape index (κ2) is 7.32. The van der Waals surface area contributed by atoms with Crippen LogP contribution in [0.15, 0.2) is 48.0 Å². The number of carbonyl (C=O) groups excluding carboxylic acids is 3. The Balaban J connectivity index is 2.04. The highest BCUT2D eigenvalue weighted by Crippen LogP contribution is 2.29. The molecule has 0 aliphatic carbocycles. The number of nitrogens with zero attached hydrogens (tertiary/aromatic N) is 1. The Kier molecular flexibility index (Phi) is 5.11. The molecule has 0 bridgehead atoms. The number of amides is 4. The molecule has 1 aliphatic heterocycles. The normalized spacial score (nSPS) is 16.2. The Hall–Kier alpha value is -2.63. The highest BCUT2D eigenvalue weighted by Gasteiger charge is 2.37. The van der Waals surface area contributed by atoms with E-state index in [-0.39, 0.29) is 5.57 Å². The summed E-state index contributed by atoms with van der Waals surface area (Å²) in [7, 11) is 0. The van der Waals surface area contributed by atoms with Crippen LogP contribution in [0.2, 0.25) is 10.0 Å². The van der Waals surface area contributed by atoms with Crippen LogP contribution >= 0.6 is 23.2 Å². The van der Waals surface area contributed by atoms with Crippen molar-refractivity contribution in [2.45, 2.75) is 13.3 Å². The van der Waals surface area contributed by atoms with Gasteiger partial charge in [-0.1, -0.05) is 48.3 Å². The predicted octanol–water partition coefficient (Wildman–Crippen LogP) is 4.22. The van der Waals surface area contributed by atoms with E-state index in [2.05, 4.69) is 5.32 Å². The highest BCUT2D eigenvalue weighted by molar-refractivity contribution is 6.41. The first-order valence-corrected chi connectivity index (χ1v) is 8.62. The van der Waals surface area contributed by atoms with Crippen LogP contribution in [0.25, 0.3) is 6.08 Å². The van der Waals surface area contributed by atoms with E-state index in [1.54, 1.807) is 30.3 Å². The van der Waals surface area contributed by atoms with Crippen LogP contribution in [0.1, 0.15) is 18.1 Å². The van der Waals surface area contributed by atoms with E-state index in [9.17, 15) is 14.4 Å². The van der Waals surface area contributed by atoms with Gasteiger partial charge in [-0.2, -0.15) is 0 Å². The molecule has 0 spiro atoms. The number of anilines is 1. The molecule has 5 nitrogen and oxygen atoms in total. The van der Waals surface area contributed by atoms with Crippen molar-refractivity contribution in [2.75, 3.05) is 4.90 Å². The Bertz CT molecular complexity index is 916. The van der Waals surface area contributed by atoms with Crippen molar-refractivity contribution in [1.29, 1.82) is 0 Å². The number of hydrogen-bond donors (Lipinski definition) is 1. The van der Waals surface area contributed by atoms with Crippen LogP contribution in [-0.2, 0) is 16.0 Å². The number of hydrogen-bond acceptors (Lipinski definition) is 3. The summed E-state index contributed by atoms with van der Waals surface area (Å²) in [4.78, 5) is 38.1. The molecule has 0 saturated carbocycles. The van der Waals surface area contributed by atoms with Gasteiger partial charge in [-0.05, 0) is 42.3 Å². The number of rotatable bonds is 3. The van der Waals surface area contributed by atoms with Gasteiger partial charge in [0.1, 0.15) is 5.57 Å². The SMILES string of the molecule is CCc1ccc(N2C(=O)NC(=O)/C(=C\c3c(Cl)cccc3Cl)C2=O)cc1.